The number of imidazole rings is 1. The Kier molecular flexibility index (Phi) is 4.57. The Balaban J connectivity index is 2.00. The zero-order valence-corrected chi connectivity index (χ0v) is 16.6. The van der Waals surface area contributed by atoms with E-state index in [0.717, 1.165) is 40.4 Å². The van der Waals surface area contributed by atoms with E-state index in [1.54, 1.807) is 6.20 Å². The monoisotopic (exact) mass is 372 g/mol. The first-order chi connectivity index (χ1) is 13.4. The van der Waals surface area contributed by atoms with Gasteiger partial charge in [0.05, 0.1) is 17.1 Å². The van der Waals surface area contributed by atoms with Crippen molar-refractivity contribution in [2.75, 3.05) is 19.8 Å². The van der Waals surface area contributed by atoms with Gasteiger partial charge in [0, 0.05) is 24.5 Å². The largest absolute Gasteiger partial charge is 0.368 e. The Labute approximate surface area is 164 Å². The summed E-state index contributed by atoms with van der Waals surface area (Å²) in [7, 11) is 4.12. The Morgan fingerprint density at radius 3 is 2.46 bits per heavy atom. The lowest BCUT2D eigenvalue weighted by molar-refractivity contribution is 0.402. The fourth-order valence-electron chi connectivity index (χ4n) is 3.38. The van der Waals surface area contributed by atoms with Gasteiger partial charge in [-0.25, -0.2) is 15.0 Å². The average Bonchev–Trinajstić information content (AvgIpc) is 3.02. The molecule has 0 unspecified atom stereocenters. The molecule has 0 spiro atoms. The number of fused-ring (bicyclic) bond motifs is 1. The highest BCUT2D eigenvalue weighted by Crippen LogP contribution is 2.34. The zero-order valence-electron chi connectivity index (χ0n) is 16.6. The van der Waals surface area contributed by atoms with E-state index < -0.39 is 0 Å². The summed E-state index contributed by atoms with van der Waals surface area (Å²) >= 11 is 0. The van der Waals surface area contributed by atoms with Crippen LogP contribution in [0.15, 0.2) is 48.8 Å². The van der Waals surface area contributed by atoms with Crippen molar-refractivity contribution < 1.29 is 0 Å². The van der Waals surface area contributed by atoms with Gasteiger partial charge in [-0.3, -0.25) is 4.40 Å². The highest BCUT2D eigenvalue weighted by Gasteiger charge is 2.19. The number of aromatic nitrogens is 4. The highest BCUT2D eigenvalue weighted by molar-refractivity contribution is 5.82. The first-order valence-electron chi connectivity index (χ1n) is 9.24. The predicted molar refractivity (Wildman–Crippen MR) is 113 cm³/mol. The van der Waals surface area contributed by atoms with Crippen molar-refractivity contribution in [3.63, 3.8) is 0 Å². The molecule has 0 aliphatic carbocycles. The van der Waals surface area contributed by atoms with E-state index in [2.05, 4.69) is 82.9 Å². The van der Waals surface area contributed by atoms with Crippen LogP contribution < -0.4 is 5.73 Å². The number of nitrogens with two attached hydrogens (primary N) is 1. The number of hydrogen-bond acceptors (Lipinski definition) is 5. The lowest BCUT2D eigenvalue weighted by Gasteiger charge is -2.11. The van der Waals surface area contributed by atoms with Gasteiger partial charge >= 0.3 is 0 Å². The van der Waals surface area contributed by atoms with Gasteiger partial charge in [0.15, 0.2) is 0 Å². The Bertz CT molecular complexity index is 1140. The maximum atomic E-state index is 5.91. The molecular weight excluding hydrogens is 348 g/mol. The average molecular weight is 372 g/mol. The number of nitrogen functional groups attached to an aromatic ring is 1. The maximum Gasteiger partial charge on any atom is 0.220 e. The van der Waals surface area contributed by atoms with Crippen molar-refractivity contribution in [3.8, 4) is 22.6 Å². The fourth-order valence-corrected chi connectivity index (χ4v) is 3.38. The van der Waals surface area contributed by atoms with Gasteiger partial charge in [0.2, 0.25) is 5.95 Å². The molecule has 0 saturated heterocycles. The van der Waals surface area contributed by atoms with Crippen LogP contribution in [0.5, 0.6) is 0 Å². The third kappa shape index (κ3) is 3.34. The van der Waals surface area contributed by atoms with Crippen LogP contribution in [0, 0.1) is 13.8 Å². The molecule has 1 aromatic carbocycles. The minimum absolute atomic E-state index is 0.259. The summed E-state index contributed by atoms with van der Waals surface area (Å²) in [5.41, 5.74) is 13.9. The van der Waals surface area contributed by atoms with E-state index in [-0.39, 0.29) is 5.95 Å². The Morgan fingerprint density at radius 2 is 1.75 bits per heavy atom. The molecule has 142 valence electrons. The van der Waals surface area contributed by atoms with Gasteiger partial charge in [-0.15, -0.1) is 0 Å². The summed E-state index contributed by atoms with van der Waals surface area (Å²) in [6, 6.07) is 12.6. The number of aryl methyl sites for hydroxylation is 2. The maximum absolute atomic E-state index is 5.91. The minimum Gasteiger partial charge on any atom is -0.368 e. The number of hydrogen-bond donors (Lipinski definition) is 1. The molecule has 3 heterocycles. The molecule has 0 radical (unpaired) electrons. The molecule has 4 rings (SSSR count). The minimum atomic E-state index is 0.259. The first kappa shape index (κ1) is 18.1. The topological polar surface area (TPSA) is 72.3 Å². The number of rotatable bonds is 4. The van der Waals surface area contributed by atoms with Gasteiger partial charge in [0.1, 0.15) is 5.65 Å². The van der Waals surface area contributed by atoms with Crippen molar-refractivity contribution in [1.29, 1.82) is 0 Å². The van der Waals surface area contributed by atoms with E-state index >= 15 is 0 Å². The summed E-state index contributed by atoms with van der Waals surface area (Å²) in [4.78, 5) is 15.8. The van der Waals surface area contributed by atoms with Gasteiger partial charge in [0.25, 0.3) is 0 Å². The lowest BCUT2D eigenvalue weighted by atomic mass is 10.1. The van der Waals surface area contributed by atoms with E-state index in [9.17, 15) is 0 Å². The van der Waals surface area contributed by atoms with Crippen LogP contribution in [-0.2, 0) is 6.54 Å². The normalized spacial score (nSPS) is 11.5. The first-order valence-corrected chi connectivity index (χ1v) is 9.24. The highest BCUT2D eigenvalue weighted by atomic mass is 15.1. The summed E-state index contributed by atoms with van der Waals surface area (Å²) in [5, 5.41) is 0. The molecule has 2 N–H and O–H groups in total. The van der Waals surface area contributed by atoms with Crippen LogP contribution in [0.3, 0.4) is 0 Å². The van der Waals surface area contributed by atoms with Crippen molar-refractivity contribution in [3.05, 3.63) is 65.5 Å². The van der Waals surface area contributed by atoms with E-state index in [4.69, 9.17) is 10.7 Å². The number of nitrogens with zero attached hydrogens (tertiary/aromatic N) is 5. The second-order valence-corrected chi connectivity index (χ2v) is 7.44. The summed E-state index contributed by atoms with van der Waals surface area (Å²) < 4.78 is 2.09. The van der Waals surface area contributed by atoms with Crippen molar-refractivity contribution in [2.24, 2.45) is 0 Å². The van der Waals surface area contributed by atoms with Crippen LogP contribution in [0.4, 0.5) is 5.95 Å². The molecule has 28 heavy (non-hydrogen) atoms. The van der Waals surface area contributed by atoms with Gasteiger partial charge in [-0.05, 0) is 51.2 Å². The molecule has 0 atom stereocenters. The third-order valence-electron chi connectivity index (χ3n) is 4.73. The van der Waals surface area contributed by atoms with Crippen LogP contribution >= 0.6 is 0 Å². The quantitative estimate of drug-likeness (QED) is 0.591. The number of anilines is 1. The number of benzene rings is 1. The lowest BCUT2D eigenvalue weighted by Crippen LogP contribution is -2.10. The van der Waals surface area contributed by atoms with E-state index in [1.807, 2.05) is 6.92 Å². The molecule has 0 saturated carbocycles. The predicted octanol–water partition coefficient (Wildman–Crippen LogP) is 3.72. The zero-order chi connectivity index (χ0) is 19.8. The van der Waals surface area contributed by atoms with Gasteiger partial charge in [-0.1, -0.05) is 29.8 Å². The summed E-state index contributed by atoms with van der Waals surface area (Å²) in [6.45, 7) is 4.93. The molecule has 0 amide bonds. The molecule has 0 aliphatic heterocycles. The number of pyridine rings is 1. The van der Waals surface area contributed by atoms with Crippen LogP contribution in [0.1, 0.15) is 16.7 Å². The summed E-state index contributed by atoms with van der Waals surface area (Å²) in [5.74, 6) is 0.259. The molecule has 0 aliphatic rings. The second-order valence-electron chi connectivity index (χ2n) is 7.44. The SMILES string of the molecule is Cc1ccc(-c2nc3cc(CN(C)C)ccn3c2-c2nc(N)ncc2C)cc1. The second kappa shape index (κ2) is 7.05. The van der Waals surface area contributed by atoms with E-state index in [1.165, 1.54) is 11.1 Å². The van der Waals surface area contributed by atoms with Crippen LogP contribution in [0.25, 0.3) is 28.3 Å². The molecular formula is C22H24N6. The van der Waals surface area contributed by atoms with Crippen molar-refractivity contribution >= 4 is 11.6 Å². The Morgan fingerprint density at radius 1 is 1.00 bits per heavy atom. The van der Waals surface area contributed by atoms with Crippen molar-refractivity contribution in [2.45, 2.75) is 20.4 Å². The molecule has 6 heteroatoms. The molecule has 0 fully saturated rings. The molecule has 6 nitrogen and oxygen atoms in total. The molecule has 3 aromatic heterocycles. The summed E-state index contributed by atoms with van der Waals surface area (Å²) in [6.07, 6.45) is 3.82. The van der Waals surface area contributed by atoms with Gasteiger partial charge in [-0.2, -0.15) is 0 Å². The van der Waals surface area contributed by atoms with E-state index in [0.29, 0.717) is 0 Å². The fraction of sp³-hybridized carbons (Fsp3) is 0.227. The molecule has 0 bridgehead atoms. The van der Waals surface area contributed by atoms with Crippen LogP contribution in [-0.4, -0.2) is 38.3 Å². The van der Waals surface area contributed by atoms with Gasteiger partial charge < -0.3 is 10.6 Å². The third-order valence-corrected chi connectivity index (χ3v) is 4.73. The Hall–Kier alpha value is -3.25. The van der Waals surface area contributed by atoms with Crippen molar-refractivity contribution in [1.82, 2.24) is 24.3 Å². The molecule has 4 aromatic rings. The standard InChI is InChI=1S/C22H24N6/c1-14-5-7-17(8-6-14)20-21(19-15(2)12-24-22(23)26-19)28-10-9-16(13-27(3)4)11-18(28)25-20/h5-12H,13H2,1-4H3,(H2,23,24,26). The van der Waals surface area contributed by atoms with Crippen LogP contribution in [0.2, 0.25) is 0 Å². The smallest absolute Gasteiger partial charge is 0.220 e.